The third-order valence-electron chi connectivity index (χ3n) is 3.18. The molecule has 0 saturated carbocycles. The van der Waals surface area contributed by atoms with Gasteiger partial charge in [0.05, 0.1) is 12.1 Å². The van der Waals surface area contributed by atoms with Crippen LogP contribution in [0.4, 0.5) is 5.69 Å². The van der Waals surface area contributed by atoms with E-state index in [1.54, 1.807) is 16.9 Å². The minimum atomic E-state index is -0.0372. The Morgan fingerprint density at radius 2 is 2.11 bits per heavy atom. The number of pyridine rings is 1. The molecule has 2 heterocycles. The molecule has 1 amide bonds. The highest BCUT2D eigenvalue weighted by Crippen LogP contribution is 2.14. The second-order valence-electron chi connectivity index (χ2n) is 4.68. The Hall–Kier alpha value is -2.17. The molecule has 0 aliphatic rings. The Labute approximate surface area is 112 Å². The molecule has 2 rings (SSSR count). The standard InChI is InChI=1S/C14H18N4O/c1-9-7-12(5-6-15-9)16-14(19)8-13-10(2)17-18(4)11(13)3/h5-7H,8H2,1-4H3,(H,15,16,19). The number of aromatic nitrogens is 3. The van der Waals surface area contributed by atoms with Gasteiger partial charge in [-0.25, -0.2) is 0 Å². The first-order chi connectivity index (χ1) is 8.97. The molecule has 0 aliphatic heterocycles. The lowest BCUT2D eigenvalue weighted by atomic mass is 10.1. The van der Waals surface area contributed by atoms with Gasteiger partial charge in [-0.2, -0.15) is 5.10 Å². The lowest BCUT2D eigenvalue weighted by Crippen LogP contribution is -2.15. The van der Waals surface area contributed by atoms with Crippen LogP contribution in [0.2, 0.25) is 0 Å². The molecule has 2 aromatic rings. The topological polar surface area (TPSA) is 59.8 Å². The van der Waals surface area contributed by atoms with Crippen molar-refractivity contribution < 1.29 is 4.79 Å². The molecule has 0 atom stereocenters. The highest BCUT2D eigenvalue weighted by molar-refractivity contribution is 5.92. The van der Waals surface area contributed by atoms with E-state index in [1.165, 1.54) is 0 Å². The van der Waals surface area contributed by atoms with Gasteiger partial charge in [-0.15, -0.1) is 0 Å². The van der Waals surface area contributed by atoms with Gasteiger partial charge < -0.3 is 5.32 Å². The van der Waals surface area contributed by atoms with Gasteiger partial charge in [-0.3, -0.25) is 14.5 Å². The fourth-order valence-electron chi connectivity index (χ4n) is 2.06. The number of carbonyl (C=O) groups excluding carboxylic acids is 1. The first-order valence-corrected chi connectivity index (χ1v) is 6.19. The molecule has 0 unspecified atom stereocenters. The summed E-state index contributed by atoms with van der Waals surface area (Å²) in [6.07, 6.45) is 2.03. The predicted molar refractivity (Wildman–Crippen MR) is 74.0 cm³/mol. The number of hydrogen-bond donors (Lipinski definition) is 1. The maximum absolute atomic E-state index is 12.0. The van der Waals surface area contributed by atoms with Crippen LogP contribution in [0, 0.1) is 20.8 Å². The summed E-state index contributed by atoms with van der Waals surface area (Å²) < 4.78 is 1.80. The molecule has 0 aromatic carbocycles. The lowest BCUT2D eigenvalue weighted by molar-refractivity contribution is -0.115. The van der Waals surface area contributed by atoms with Crippen LogP contribution in [0.15, 0.2) is 18.3 Å². The van der Waals surface area contributed by atoms with Crippen LogP contribution in [0.1, 0.15) is 22.6 Å². The van der Waals surface area contributed by atoms with Crippen LogP contribution in [0.25, 0.3) is 0 Å². The Balaban J connectivity index is 2.09. The van der Waals surface area contributed by atoms with Crippen molar-refractivity contribution in [3.8, 4) is 0 Å². The molecule has 100 valence electrons. The quantitative estimate of drug-likeness (QED) is 0.915. The number of amides is 1. The summed E-state index contributed by atoms with van der Waals surface area (Å²) in [4.78, 5) is 16.1. The molecule has 2 aromatic heterocycles. The van der Waals surface area contributed by atoms with Crippen molar-refractivity contribution in [2.24, 2.45) is 7.05 Å². The Bertz CT molecular complexity index is 616. The van der Waals surface area contributed by atoms with Crippen LogP contribution < -0.4 is 5.32 Å². The molecule has 0 aliphatic carbocycles. The highest BCUT2D eigenvalue weighted by atomic mass is 16.1. The third kappa shape index (κ3) is 2.99. The maximum atomic E-state index is 12.0. The van der Waals surface area contributed by atoms with E-state index in [4.69, 9.17) is 0 Å². The Kier molecular flexibility index (Phi) is 3.64. The van der Waals surface area contributed by atoms with Crippen LogP contribution in [0.3, 0.4) is 0 Å². The Morgan fingerprint density at radius 1 is 1.37 bits per heavy atom. The SMILES string of the molecule is Cc1cc(NC(=O)Cc2c(C)nn(C)c2C)ccn1. The van der Waals surface area contributed by atoms with Crippen LogP contribution in [0.5, 0.6) is 0 Å². The van der Waals surface area contributed by atoms with Gasteiger partial charge in [0, 0.05) is 35.9 Å². The van der Waals surface area contributed by atoms with Gasteiger partial charge in [-0.05, 0) is 32.9 Å². The first kappa shape index (κ1) is 13.3. The molecule has 0 spiro atoms. The van der Waals surface area contributed by atoms with Gasteiger partial charge in [0.2, 0.25) is 5.91 Å². The van der Waals surface area contributed by atoms with Crippen molar-refractivity contribution >= 4 is 11.6 Å². The Morgan fingerprint density at radius 3 is 2.68 bits per heavy atom. The summed E-state index contributed by atoms with van der Waals surface area (Å²) in [6.45, 7) is 5.79. The zero-order valence-corrected chi connectivity index (χ0v) is 11.7. The monoisotopic (exact) mass is 258 g/mol. The van der Waals surface area contributed by atoms with Crippen molar-refractivity contribution in [3.63, 3.8) is 0 Å². The summed E-state index contributed by atoms with van der Waals surface area (Å²) in [5, 5.41) is 7.19. The van der Waals surface area contributed by atoms with Crippen molar-refractivity contribution in [2.75, 3.05) is 5.32 Å². The van der Waals surface area contributed by atoms with E-state index in [-0.39, 0.29) is 5.91 Å². The number of nitrogens with one attached hydrogen (secondary N) is 1. The van der Waals surface area contributed by atoms with Gasteiger partial charge in [0.25, 0.3) is 0 Å². The molecule has 1 N–H and O–H groups in total. The lowest BCUT2D eigenvalue weighted by Gasteiger charge is -2.06. The van der Waals surface area contributed by atoms with E-state index in [9.17, 15) is 4.79 Å². The van der Waals surface area contributed by atoms with Crippen LogP contribution in [-0.2, 0) is 18.3 Å². The van der Waals surface area contributed by atoms with Crippen molar-refractivity contribution in [2.45, 2.75) is 27.2 Å². The zero-order valence-electron chi connectivity index (χ0n) is 11.7. The zero-order chi connectivity index (χ0) is 14.0. The fraction of sp³-hybridized carbons (Fsp3) is 0.357. The van der Waals surface area contributed by atoms with Crippen molar-refractivity contribution in [1.29, 1.82) is 0 Å². The largest absolute Gasteiger partial charge is 0.326 e. The summed E-state index contributed by atoms with van der Waals surface area (Å²) in [5.74, 6) is -0.0372. The molecule has 5 nitrogen and oxygen atoms in total. The molecule has 0 radical (unpaired) electrons. The molecule has 19 heavy (non-hydrogen) atoms. The first-order valence-electron chi connectivity index (χ1n) is 6.19. The predicted octanol–water partition coefficient (Wildman–Crippen LogP) is 1.92. The van der Waals surface area contributed by atoms with Crippen LogP contribution in [-0.4, -0.2) is 20.7 Å². The highest BCUT2D eigenvalue weighted by Gasteiger charge is 2.13. The van der Waals surface area contributed by atoms with E-state index in [0.29, 0.717) is 6.42 Å². The summed E-state index contributed by atoms with van der Waals surface area (Å²) in [5.41, 5.74) is 4.58. The number of anilines is 1. The van der Waals surface area contributed by atoms with Gasteiger partial charge in [0.1, 0.15) is 0 Å². The van der Waals surface area contributed by atoms with Gasteiger partial charge >= 0.3 is 0 Å². The van der Waals surface area contributed by atoms with E-state index in [2.05, 4.69) is 15.4 Å². The number of aryl methyl sites for hydroxylation is 3. The van der Waals surface area contributed by atoms with Crippen LogP contribution >= 0.6 is 0 Å². The molecule has 5 heteroatoms. The second-order valence-corrected chi connectivity index (χ2v) is 4.68. The summed E-state index contributed by atoms with van der Waals surface area (Å²) in [6, 6.07) is 3.63. The molecule has 0 fully saturated rings. The normalized spacial score (nSPS) is 10.5. The molecule has 0 bridgehead atoms. The fourth-order valence-corrected chi connectivity index (χ4v) is 2.06. The summed E-state index contributed by atoms with van der Waals surface area (Å²) >= 11 is 0. The maximum Gasteiger partial charge on any atom is 0.228 e. The smallest absolute Gasteiger partial charge is 0.228 e. The van der Waals surface area contributed by atoms with Gasteiger partial charge in [-0.1, -0.05) is 0 Å². The summed E-state index contributed by atoms with van der Waals surface area (Å²) in [7, 11) is 1.88. The van der Waals surface area contributed by atoms with Crippen molar-refractivity contribution in [3.05, 3.63) is 41.0 Å². The second kappa shape index (κ2) is 5.22. The minimum absolute atomic E-state index is 0.0372. The number of rotatable bonds is 3. The third-order valence-corrected chi connectivity index (χ3v) is 3.18. The number of hydrogen-bond acceptors (Lipinski definition) is 3. The average Bonchev–Trinajstić information content (AvgIpc) is 2.56. The van der Waals surface area contributed by atoms with E-state index in [1.807, 2.05) is 33.9 Å². The average molecular weight is 258 g/mol. The van der Waals surface area contributed by atoms with Crippen molar-refractivity contribution in [1.82, 2.24) is 14.8 Å². The number of carbonyl (C=O) groups is 1. The van der Waals surface area contributed by atoms with E-state index in [0.717, 1.165) is 28.3 Å². The van der Waals surface area contributed by atoms with E-state index >= 15 is 0 Å². The molecule has 0 saturated heterocycles. The minimum Gasteiger partial charge on any atom is -0.326 e. The molecular formula is C14H18N4O. The molecular weight excluding hydrogens is 240 g/mol. The number of nitrogens with zero attached hydrogens (tertiary/aromatic N) is 3. The van der Waals surface area contributed by atoms with E-state index < -0.39 is 0 Å². The van der Waals surface area contributed by atoms with Gasteiger partial charge in [0.15, 0.2) is 0 Å².